The van der Waals surface area contributed by atoms with Crippen LogP contribution in [0.25, 0.3) is 0 Å². The molecule has 1 aliphatic carbocycles. The van der Waals surface area contributed by atoms with E-state index in [-0.39, 0.29) is 0 Å². The molecule has 2 rings (SSSR count). The van der Waals surface area contributed by atoms with Crippen molar-refractivity contribution < 1.29 is 15.0 Å². The summed E-state index contributed by atoms with van der Waals surface area (Å²) in [6, 6.07) is 5.32. The molecule has 0 spiro atoms. The molecule has 0 bridgehead atoms. The van der Waals surface area contributed by atoms with Crippen LogP contribution in [0.5, 0.6) is 0 Å². The number of hydrogen-bond acceptors (Lipinski definition) is 2. The number of halogens is 1. The fourth-order valence-electron chi connectivity index (χ4n) is 2.19. The van der Waals surface area contributed by atoms with Gasteiger partial charge in [-0.05, 0) is 48.1 Å². The van der Waals surface area contributed by atoms with Crippen LogP contribution in [0.4, 0.5) is 0 Å². The number of aliphatic hydroxyl groups excluding tert-OH is 1. The monoisotopic (exact) mass is 252 g/mol. The minimum atomic E-state index is -1.02. The zero-order valence-electron chi connectivity index (χ0n) is 9.19. The SMILES string of the molecule is O=C(O)/C=C1\CCCc2cc(Cl)ccc2C1O. The van der Waals surface area contributed by atoms with Crippen molar-refractivity contribution in [2.75, 3.05) is 0 Å². The van der Waals surface area contributed by atoms with Gasteiger partial charge in [0.05, 0.1) is 0 Å². The summed E-state index contributed by atoms with van der Waals surface area (Å²) in [5.41, 5.74) is 2.32. The van der Waals surface area contributed by atoms with E-state index in [0.29, 0.717) is 17.0 Å². The molecule has 1 aliphatic rings. The molecule has 0 aliphatic heterocycles. The highest BCUT2D eigenvalue weighted by molar-refractivity contribution is 6.30. The molecule has 0 amide bonds. The zero-order valence-corrected chi connectivity index (χ0v) is 9.94. The van der Waals surface area contributed by atoms with E-state index < -0.39 is 12.1 Å². The van der Waals surface area contributed by atoms with Crippen molar-refractivity contribution in [3.8, 4) is 0 Å². The summed E-state index contributed by atoms with van der Waals surface area (Å²) in [7, 11) is 0. The van der Waals surface area contributed by atoms with E-state index in [0.717, 1.165) is 30.0 Å². The number of carboxylic acid groups (broad SMARTS) is 1. The van der Waals surface area contributed by atoms with E-state index in [4.69, 9.17) is 16.7 Å². The molecular weight excluding hydrogens is 240 g/mol. The van der Waals surface area contributed by atoms with Crippen LogP contribution < -0.4 is 0 Å². The van der Waals surface area contributed by atoms with Gasteiger partial charge in [-0.25, -0.2) is 4.79 Å². The van der Waals surface area contributed by atoms with Crippen LogP contribution in [0, 0.1) is 0 Å². The number of hydrogen-bond donors (Lipinski definition) is 2. The lowest BCUT2D eigenvalue weighted by atomic mass is 9.98. The van der Waals surface area contributed by atoms with E-state index in [1.807, 2.05) is 6.07 Å². The van der Waals surface area contributed by atoms with Crippen LogP contribution in [0.3, 0.4) is 0 Å². The predicted octanol–water partition coefficient (Wildman–Crippen LogP) is 2.72. The highest BCUT2D eigenvalue weighted by atomic mass is 35.5. The van der Waals surface area contributed by atoms with E-state index in [2.05, 4.69) is 0 Å². The van der Waals surface area contributed by atoms with Gasteiger partial charge in [-0.2, -0.15) is 0 Å². The molecule has 0 aromatic heterocycles. The number of aliphatic carboxylic acids is 1. The Labute approximate surface area is 104 Å². The van der Waals surface area contributed by atoms with Crippen LogP contribution in [-0.2, 0) is 11.2 Å². The number of fused-ring (bicyclic) bond motifs is 1. The molecule has 0 saturated carbocycles. The molecule has 1 aromatic carbocycles. The number of benzene rings is 1. The Morgan fingerprint density at radius 2 is 2.18 bits per heavy atom. The molecule has 4 heteroatoms. The van der Waals surface area contributed by atoms with E-state index in [1.165, 1.54) is 0 Å². The average Bonchev–Trinajstić information content (AvgIpc) is 2.39. The summed E-state index contributed by atoms with van der Waals surface area (Å²) < 4.78 is 0. The second-order valence-corrected chi connectivity index (χ2v) is 4.59. The van der Waals surface area contributed by atoms with E-state index in [9.17, 15) is 9.90 Å². The Morgan fingerprint density at radius 3 is 2.88 bits per heavy atom. The molecule has 17 heavy (non-hydrogen) atoms. The van der Waals surface area contributed by atoms with Gasteiger partial charge in [0.15, 0.2) is 0 Å². The van der Waals surface area contributed by atoms with Crippen molar-refractivity contribution >= 4 is 17.6 Å². The number of aliphatic hydroxyl groups is 1. The van der Waals surface area contributed by atoms with Crippen LogP contribution in [0.1, 0.15) is 30.1 Å². The first kappa shape index (κ1) is 12.1. The minimum absolute atomic E-state index is 0.554. The molecule has 1 unspecified atom stereocenters. The molecule has 2 N–H and O–H groups in total. The fourth-order valence-corrected chi connectivity index (χ4v) is 2.38. The lowest BCUT2D eigenvalue weighted by Crippen LogP contribution is -2.04. The smallest absolute Gasteiger partial charge is 0.328 e. The van der Waals surface area contributed by atoms with Gasteiger partial charge < -0.3 is 10.2 Å². The average molecular weight is 253 g/mol. The first-order valence-electron chi connectivity index (χ1n) is 5.47. The zero-order chi connectivity index (χ0) is 12.4. The van der Waals surface area contributed by atoms with Crippen molar-refractivity contribution in [3.05, 3.63) is 46.0 Å². The molecule has 1 aromatic rings. The molecule has 0 radical (unpaired) electrons. The van der Waals surface area contributed by atoms with E-state index >= 15 is 0 Å². The van der Waals surface area contributed by atoms with Gasteiger partial charge in [0.1, 0.15) is 6.10 Å². The maximum Gasteiger partial charge on any atom is 0.328 e. The van der Waals surface area contributed by atoms with Crippen molar-refractivity contribution in [3.63, 3.8) is 0 Å². The fraction of sp³-hybridized carbons (Fsp3) is 0.308. The number of carbonyl (C=O) groups is 1. The normalized spacial score (nSPS) is 22.0. The Bertz CT molecular complexity index is 480. The van der Waals surface area contributed by atoms with Crippen LogP contribution in [-0.4, -0.2) is 16.2 Å². The van der Waals surface area contributed by atoms with Gasteiger partial charge in [0.2, 0.25) is 0 Å². The molecule has 1 atom stereocenters. The van der Waals surface area contributed by atoms with Crippen molar-refractivity contribution in [2.24, 2.45) is 0 Å². The third kappa shape index (κ3) is 2.68. The Kier molecular flexibility index (Phi) is 3.50. The Hall–Kier alpha value is -1.32. The highest BCUT2D eigenvalue weighted by Crippen LogP contribution is 2.33. The maximum atomic E-state index is 10.7. The second kappa shape index (κ2) is 4.90. The highest BCUT2D eigenvalue weighted by Gasteiger charge is 2.21. The Balaban J connectivity index is 2.43. The summed E-state index contributed by atoms with van der Waals surface area (Å²) in [6.45, 7) is 0. The van der Waals surface area contributed by atoms with Gasteiger partial charge in [0, 0.05) is 11.1 Å². The summed E-state index contributed by atoms with van der Waals surface area (Å²) in [5.74, 6) is -1.02. The van der Waals surface area contributed by atoms with Gasteiger partial charge in [-0.3, -0.25) is 0 Å². The van der Waals surface area contributed by atoms with Gasteiger partial charge >= 0.3 is 5.97 Å². The Morgan fingerprint density at radius 1 is 1.41 bits per heavy atom. The lowest BCUT2D eigenvalue weighted by Gasteiger charge is -2.14. The lowest BCUT2D eigenvalue weighted by molar-refractivity contribution is -0.131. The predicted molar refractivity (Wildman–Crippen MR) is 65.1 cm³/mol. The van der Waals surface area contributed by atoms with Gasteiger partial charge in [0.25, 0.3) is 0 Å². The standard InChI is InChI=1S/C13H13ClO3/c14-10-4-5-11-8(6-10)2-1-3-9(13(11)17)7-12(15)16/h4-7,13,17H,1-3H2,(H,15,16)/b9-7+. The molecule has 0 heterocycles. The molecule has 90 valence electrons. The van der Waals surface area contributed by atoms with Gasteiger partial charge in [-0.1, -0.05) is 17.7 Å². The molecule has 0 fully saturated rings. The first-order chi connectivity index (χ1) is 8.08. The summed E-state index contributed by atoms with van der Waals surface area (Å²) in [4.78, 5) is 10.7. The van der Waals surface area contributed by atoms with Crippen molar-refractivity contribution in [1.29, 1.82) is 0 Å². The number of carboxylic acids is 1. The summed E-state index contributed by atoms with van der Waals surface area (Å²) in [6.07, 6.45) is 2.50. The summed E-state index contributed by atoms with van der Waals surface area (Å²) in [5, 5.41) is 19.6. The number of rotatable bonds is 1. The topological polar surface area (TPSA) is 57.5 Å². The largest absolute Gasteiger partial charge is 0.478 e. The van der Waals surface area contributed by atoms with Crippen LogP contribution in [0.2, 0.25) is 5.02 Å². The van der Waals surface area contributed by atoms with E-state index in [1.54, 1.807) is 12.1 Å². The second-order valence-electron chi connectivity index (χ2n) is 4.16. The van der Waals surface area contributed by atoms with Crippen molar-refractivity contribution in [2.45, 2.75) is 25.4 Å². The maximum absolute atomic E-state index is 10.7. The van der Waals surface area contributed by atoms with Crippen molar-refractivity contribution in [1.82, 2.24) is 0 Å². The molecule has 0 saturated heterocycles. The summed E-state index contributed by atoms with van der Waals surface area (Å²) >= 11 is 5.91. The number of aryl methyl sites for hydroxylation is 1. The third-order valence-electron chi connectivity index (χ3n) is 2.97. The van der Waals surface area contributed by atoms with Crippen LogP contribution >= 0.6 is 11.6 Å². The third-order valence-corrected chi connectivity index (χ3v) is 3.21. The van der Waals surface area contributed by atoms with Gasteiger partial charge in [-0.15, -0.1) is 0 Å². The molecule has 3 nitrogen and oxygen atoms in total. The first-order valence-corrected chi connectivity index (χ1v) is 5.85. The molecular formula is C13H13ClO3. The minimum Gasteiger partial charge on any atom is -0.478 e. The quantitative estimate of drug-likeness (QED) is 0.597. The van der Waals surface area contributed by atoms with Crippen LogP contribution in [0.15, 0.2) is 29.8 Å².